The number of halogens is 1. The number of anilines is 1. The molecule has 1 N–H and O–H groups in total. The fraction of sp³-hybridized carbons (Fsp3) is 0.533. The summed E-state index contributed by atoms with van der Waals surface area (Å²) in [6.45, 7) is 1.62. The zero-order valence-electron chi connectivity index (χ0n) is 11.3. The van der Waals surface area contributed by atoms with E-state index in [1.165, 1.54) is 31.7 Å². The van der Waals surface area contributed by atoms with Gasteiger partial charge in [0.15, 0.2) is 0 Å². The number of nitriles is 1. The summed E-state index contributed by atoms with van der Waals surface area (Å²) in [7, 11) is 2.13. The second kappa shape index (κ2) is 6.53. The predicted octanol–water partition coefficient (Wildman–Crippen LogP) is 2.98. The fourth-order valence-corrected chi connectivity index (χ4v) is 2.62. The molecule has 0 atom stereocenters. The fourth-order valence-electron chi connectivity index (χ4n) is 2.62. The van der Waals surface area contributed by atoms with Crippen molar-refractivity contribution >= 4 is 5.69 Å². The minimum absolute atomic E-state index is 0.353. The Hall–Kier alpha value is -1.60. The van der Waals surface area contributed by atoms with Crippen LogP contribution >= 0.6 is 0 Å². The summed E-state index contributed by atoms with van der Waals surface area (Å²) in [5.41, 5.74) is 0.824. The van der Waals surface area contributed by atoms with E-state index in [2.05, 4.69) is 17.3 Å². The Bertz CT molecular complexity index is 461. The molecular formula is C15H20FN3. The Labute approximate surface area is 114 Å². The number of rotatable bonds is 5. The molecule has 0 saturated heterocycles. The maximum Gasteiger partial charge on any atom is 0.147 e. The molecule has 19 heavy (non-hydrogen) atoms. The molecule has 2 rings (SSSR count). The summed E-state index contributed by atoms with van der Waals surface area (Å²) in [6.07, 6.45) is 5.21. The number of hydrogen-bond donors (Lipinski definition) is 1. The van der Waals surface area contributed by atoms with Crippen molar-refractivity contribution in [1.82, 2.24) is 4.90 Å². The molecule has 3 nitrogen and oxygen atoms in total. The van der Waals surface area contributed by atoms with Gasteiger partial charge in [0, 0.05) is 19.1 Å². The molecule has 0 aliphatic heterocycles. The van der Waals surface area contributed by atoms with Gasteiger partial charge in [-0.25, -0.2) is 4.39 Å². The minimum Gasteiger partial charge on any atom is -0.381 e. The standard InChI is InChI=1S/C15H20FN3/c1-19(13-4-2-3-5-13)9-8-18-15-7-6-12(11-17)10-14(15)16/h6-7,10,13,18H,2-5,8-9H2,1H3. The molecule has 0 radical (unpaired) electrons. The van der Waals surface area contributed by atoms with Crippen LogP contribution < -0.4 is 5.32 Å². The van der Waals surface area contributed by atoms with Gasteiger partial charge in [0.2, 0.25) is 0 Å². The minimum atomic E-state index is -0.359. The van der Waals surface area contributed by atoms with Gasteiger partial charge in [0.25, 0.3) is 0 Å². The van der Waals surface area contributed by atoms with E-state index in [1.54, 1.807) is 12.1 Å². The highest BCUT2D eigenvalue weighted by Crippen LogP contribution is 2.22. The molecule has 0 bridgehead atoms. The van der Waals surface area contributed by atoms with Crippen LogP contribution in [-0.2, 0) is 0 Å². The Morgan fingerprint density at radius 2 is 2.16 bits per heavy atom. The van der Waals surface area contributed by atoms with Crippen LogP contribution in [0.3, 0.4) is 0 Å². The third-order valence-corrected chi connectivity index (χ3v) is 3.83. The number of nitrogens with one attached hydrogen (secondary N) is 1. The van der Waals surface area contributed by atoms with Gasteiger partial charge < -0.3 is 10.2 Å². The van der Waals surface area contributed by atoms with Crippen LogP contribution in [0.25, 0.3) is 0 Å². The molecule has 1 aromatic carbocycles. The summed E-state index contributed by atoms with van der Waals surface area (Å²) in [6, 6.07) is 7.14. The average molecular weight is 261 g/mol. The quantitative estimate of drug-likeness (QED) is 0.885. The number of hydrogen-bond acceptors (Lipinski definition) is 3. The van der Waals surface area contributed by atoms with Gasteiger partial charge >= 0.3 is 0 Å². The van der Waals surface area contributed by atoms with Crippen molar-refractivity contribution in [1.29, 1.82) is 5.26 Å². The third kappa shape index (κ3) is 3.68. The molecule has 4 heteroatoms. The Kier molecular flexibility index (Phi) is 4.75. The molecule has 102 valence electrons. The van der Waals surface area contributed by atoms with Crippen molar-refractivity contribution in [2.45, 2.75) is 31.7 Å². The molecule has 1 saturated carbocycles. The third-order valence-electron chi connectivity index (χ3n) is 3.83. The Morgan fingerprint density at radius 1 is 1.42 bits per heavy atom. The SMILES string of the molecule is CN(CCNc1ccc(C#N)cc1F)C1CCCC1. The first-order valence-corrected chi connectivity index (χ1v) is 6.84. The van der Waals surface area contributed by atoms with E-state index in [0.717, 1.165) is 13.1 Å². The molecule has 1 aromatic rings. The van der Waals surface area contributed by atoms with E-state index < -0.39 is 0 Å². The first-order chi connectivity index (χ1) is 9.20. The summed E-state index contributed by atoms with van der Waals surface area (Å²) < 4.78 is 13.6. The second-order valence-electron chi connectivity index (χ2n) is 5.15. The number of nitrogens with zero attached hydrogens (tertiary/aromatic N) is 2. The molecular weight excluding hydrogens is 241 g/mol. The van der Waals surface area contributed by atoms with Gasteiger partial charge in [-0.05, 0) is 38.1 Å². The number of benzene rings is 1. The highest BCUT2D eigenvalue weighted by molar-refractivity contribution is 5.48. The van der Waals surface area contributed by atoms with Crippen LogP contribution in [0.1, 0.15) is 31.2 Å². The molecule has 1 fully saturated rings. The predicted molar refractivity (Wildman–Crippen MR) is 74.5 cm³/mol. The van der Waals surface area contributed by atoms with Crippen LogP contribution in [0.5, 0.6) is 0 Å². The lowest BCUT2D eigenvalue weighted by Crippen LogP contribution is -2.33. The van der Waals surface area contributed by atoms with E-state index in [1.807, 2.05) is 6.07 Å². The van der Waals surface area contributed by atoms with Crippen molar-refractivity contribution in [3.63, 3.8) is 0 Å². The average Bonchev–Trinajstić information content (AvgIpc) is 2.94. The normalized spacial score (nSPS) is 15.7. The van der Waals surface area contributed by atoms with Gasteiger partial charge in [-0.3, -0.25) is 0 Å². The van der Waals surface area contributed by atoms with Gasteiger partial charge in [0.05, 0.1) is 17.3 Å². The van der Waals surface area contributed by atoms with E-state index >= 15 is 0 Å². The van der Waals surface area contributed by atoms with Crippen LogP contribution in [0.2, 0.25) is 0 Å². The first-order valence-electron chi connectivity index (χ1n) is 6.84. The monoisotopic (exact) mass is 261 g/mol. The van der Waals surface area contributed by atoms with Crippen molar-refractivity contribution in [2.75, 3.05) is 25.5 Å². The van der Waals surface area contributed by atoms with Crippen LogP contribution in [0, 0.1) is 17.1 Å². The Morgan fingerprint density at radius 3 is 2.79 bits per heavy atom. The molecule has 0 amide bonds. The zero-order valence-corrected chi connectivity index (χ0v) is 11.3. The zero-order chi connectivity index (χ0) is 13.7. The second-order valence-corrected chi connectivity index (χ2v) is 5.15. The molecule has 0 heterocycles. The molecule has 1 aliphatic carbocycles. The van der Waals surface area contributed by atoms with Gasteiger partial charge in [-0.2, -0.15) is 5.26 Å². The number of likely N-dealkylation sites (N-methyl/N-ethyl adjacent to an activating group) is 1. The van der Waals surface area contributed by atoms with Gasteiger partial charge in [-0.15, -0.1) is 0 Å². The maximum atomic E-state index is 13.6. The van der Waals surface area contributed by atoms with Crippen LogP contribution in [-0.4, -0.2) is 31.1 Å². The summed E-state index contributed by atoms with van der Waals surface area (Å²) in [5.74, 6) is -0.359. The lowest BCUT2D eigenvalue weighted by molar-refractivity contribution is 0.254. The molecule has 0 unspecified atom stereocenters. The smallest absolute Gasteiger partial charge is 0.147 e. The lowest BCUT2D eigenvalue weighted by atomic mass is 10.2. The van der Waals surface area contributed by atoms with E-state index in [0.29, 0.717) is 17.3 Å². The maximum absolute atomic E-state index is 13.6. The van der Waals surface area contributed by atoms with Crippen molar-refractivity contribution in [3.05, 3.63) is 29.6 Å². The van der Waals surface area contributed by atoms with E-state index in [-0.39, 0.29) is 5.82 Å². The largest absolute Gasteiger partial charge is 0.381 e. The molecule has 0 aromatic heterocycles. The lowest BCUT2D eigenvalue weighted by Gasteiger charge is -2.24. The summed E-state index contributed by atoms with van der Waals surface area (Å²) >= 11 is 0. The van der Waals surface area contributed by atoms with Crippen molar-refractivity contribution < 1.29 is 4.39 Å². The molecule has 0 spiro atoms. The molecule has 1 aliphatic rings. The summed E-state index contributed by atoms with van der Waals surface area (Å²) in [4.78, 5) is 2.35. The highest BCUT2D eigenvalue weighted by atomic mass is 19.1. The van der Waals surface area contributed by atoms with Crippen LogP contribution in [0.4, 0.5) is 10.1 Å². The highest BCUT2D eigenvalue weighted by Gasteiger charge is 2.18. The van der Waals surface area contributed by atoms with Crippen molar-refractivity contribution in [2.24, 2.45) is 0 Å². The van der Waals surface area contributed by atoms with E-state index in [9.17, 15) is 4.39 Å². The van der Waals surface area contributed by atoms with Gasteiger partial charge in [-0.1, -0.05) is 12.8 Å². The van der Waals surface area contributed by atoms with Crippen molar-refractivity contribution in [3.8, 4) is 6.07 Å². The first kappa shape index (κ1) is 13.8. The Balaban J connectivity index is 1.80. The van der Waals surface area contributed by atoms with Gasteiger partial charge in [0.1, 0.15) is 5.82 Å². The topological polar surface area (TPSA) is 39.1 Å². The summed E-state index contributed by atoms with van der Waals surface area (Å²) in [5, 5.41) is 11.8. The van der Waals surface area contributed by atoms with Crippen LogP contribution in [0.15, 0.2) is 18.2 Å². The van der Waals surface area contributed by atoms with E-state index in [4.69, 9.17) is 5.26 Å².